The van der Waals surface area contributed by atoms with Crippen LogP contribution in [0, 0.1) is 12.3 Å². The zero-order chi connectivity index (χ0) is 26.0. The highest BCUT2D eigenvalue weighted by atomic mass is 16.5. The molecule has 0 aliphatic carbocycles. The smallest absolute Gasteiger partial charge is 0.185 e. The number of fused-ring (bicyclic) bond motifs is 1. The predicted molar refractivity (Wildman–Crippen MR) is 150 cm³/mol. The maximum atomic E-state index is 7.77. The van der Waals surface area contributed by atoms with Crippen LogP contribution >= 0.6 is 0 Å². The summed E-state index contributed by atoms with van der Waals surface area (Å²) in [7, 11) is 3.32. The molecule has 186 valence electrons. The lowest BCUT2D eigenvalue weighted by Gasteiger charge is -2.21. The largest absolute Gasteiger partial charge is 0.493 e. The molecule has 0 saturated carbocycles. The van der Waals surface area contributed by atoms with Crippen LogP contribution < -0.4 is 20.5 Å². The molecule has 4 aromatic carbocycles. The highest BCUT2D eigenvalue weighted by Gasteiger charge is 2.20. The number of benzene rings is 4. The summed E-state index contributed by atoms with van der Waals surface area (Å²) in [6.45, 7) is 9.09. The van der Waals surface area contributed by atoms with Crippen LogP contribution in [0.25, 0.3) is 33.0 Å². The highest BCUT2D eigenvalue weighted by molar-refractivity contribution is 6.02. The molecular formula is C31H35N3O2. The molecule has 4 aromatic rings. The number of aryl methyl sites for hydroxylation is 1. The third-order valence-electron chi connectivity index (χ3n) is 6.70. The van der Waals surface area contributed by atoms with E-state index in [-0.39, 0.29) is 11.4 Å². The molecule has 0 radical (unpaired) electrons. The Morgan fingerprint density at radius 2 is 1.47 bits per heavy atom. The highest BCUT2D eigenvalue weighted by Crippen LogP contribution is 2.44. The second-order valence-corrected chi connectivity index (χ2v) is 10.1. The van der Waals surface area contributed by atoms with Gasteiger partial charge >= 0.3 is 0 Å². The average Bonchev–Trinajstić information content (AvgIpc) is 2.86. The molecule has 0 aromatic heterocycles. The Morgan fingerprint density at radius 3 is 2.08 bits per heavy atom. The number of hydrogen-bond donors (Lipinski definition) is 3. The molecule has 0 heterocycles. The van der Waals surface area contributed by atoms with Crippen molar-refractivity contribution in [1.29, 1.82) is 5.41 Å². The van der Waals surface area contributed by atoms with Crippen molar-refractivity contribution in [2.75, 3.05) is 14.2 Å². The standard InChI is InChI=1S/C31H35N3O2/c1-19-10-15-26(29(36-6)28(19)35-5)25-17-16-24-22(20-11-13-21(14-12-20)31(2,3)4)8-7-9-23(24)27(25)18-34-30(32)33/h7-17H,18H2,1-6H3,(H4,32,33,34). The molecule has 4 rings (SSSR count). The van der Waals surface area contributed by atoms with E-state index in [9.17, 15) is 0 Å². The molecule has 0 amide bonds. The Morgan fingerprint density at radius 1 is 0.806 bits per heavy atom. The van der Waals surface area contributed by atoms with Gasteiger partial charge in [0.2, 0.25) is 0 Å². The van der Waals surface area contributed by atoms with E-state index in [4.69, 9.17) is 20.6 Å². The Bertz CT molecular complexity index is 1420. The molecule has 4 N–H and O–H groups in total. The van der Waals surface area contributed by atoms with Gasteiger partial charge in [-0.15, -0.1) is 0 Å². The van der Waals surface area contributed by atoms with Crippen LogP contribution in [0.4, 0.5) is 0 Å². The van der Waals surface area contributed by atoms with Gasteiger partial charge in [-0.05, 0) is 56.5 Å². The summed E-state index contributed by atoms with van der Waals surface area (Å²) < 4.78 is 11.5. The minimum atomic E-state index is -0.0691. The number of rotatable bonds is 6. The summed E-state index contributed by atoms with van der Waals surface area (Å²) >= 11 is 0. The van der Waals surface area contributed by atoms with Crippen LogP contribution in [0.2, 0.25) is 0 Å². The van der Waals surface area contributed by atoms with E-state index in [1.165, 1.54) is 11.1 Å². The van der Waals surface area contributed by atoms with Crippen LogP contribution in [0.15, 0.2) is 66.7 Å². The molecule has 5 heteroatoms. The van der Waals surface area contributed by atoms with E-state index in [1.54, 1.807) is 14.2 Å². The van der Waals surface area contributed by atoms with E-state index < -0.39 is 0 Å². The van der Waals surface area contributed by atoms with Gasteiger partial charge in [-0.25, -0.2) is 0 Å². The van der Waals surface area contributed by atoms with Crippen LogP contribution in [0.1, 0.15) is 37.5 Å². The van der Waals surface area contributed by atoms with Gasteiger partial charge in [0, 0.05) is 12.1 Å². The Labute approximate surface area is 213 Å². The van der Waals surface area contributed by atoms with Crippen molar-refractivity contribution >= 4 is 16.7 Å². The molecule has 0 bridgehead atoms. The normalized spacial score (nSPS) is 11.4. The van der Waals surface area contributed by atoms with Crippen molar-refractivity contribution in [3.63, 3.8) is 0 Å². The van der Waals surface area contributed by atoms with Crippen LogP contribution in [0.5, 0.6) is 11.5 Å². The molecule has 0 spiro atoms. The van der Waals surface area contributed by atoms with Crippen LogP contribution in [-0.4, -0.2) is 20.2 Å². The second kappa shape index (κ2) is 9.94. The lowest BCUT2D eigenvalue weighted by atomic mass is 9.85. The van der Waals surface area contributed by atoms with Gasteiger partial charge in [0.25, 0.3) is 0 Å². The Balaban J connectivity index is 1.95. The minimum Gasteiger partial charge on any atom is -0.493 e. The number of guanidine groups is 1. The van der Waals surface area contributed by atoms with Gasteiger partial charge < -0.3 is 20.5 Å². The summed E-state index contributed by atoms with van der Waals surface area (Å²) in [6, 6.07) is 23.6. The van der Waals surface area contributed by atoms with E-state index in [0.717, 1.165) is 38.6 Å². The lowest BCUT2D eigenvalue weighted by Crippen LogP contribution is -2.29. The zero-order valence-corrected chi connectivity index (χ0v) is 22.0. The number of nitrogens with two attached hydrogens (primary N) is 1. The summed E-state index contributed by atoms with van der Waals surface area (Å²) in [5.74, 6) is 1.34. The van der Waals surface area contributed by atoms with E-state index in [0.29, 0.717) is 18.0 Å². The van der Waals surface area contributed by atoms with Gasteiger partial charge in [0.15, 0.2) is 17.5 Å². The second-order valence-electron chi connectivity index (χ2n) is 10.1. The third-order valence-corrected chi connectivity index (χ3v) is 6.70. The summed E-state index contributed by atoms with van der Waals surface area (Å²) in [6.07, 6.45) is 0. The van der Waals surface area contributed by atoms with E-state index in [1.807, 2.05) is 13.0 Å². The first-order chi connectivity index (χ1) is 17.2. The van der Waals surface area contributed by atoms with Gasteiger partial charge in [-0.2, -0.15) is 0 Å². The van der Waals surface area contributed by atoms with Crippen molar-refractivity contribution in [1.82, 2.24) is 5.32 Å². The number of nitrogens with one attached hydrogen (secondary N) is 2. The Kier molecular flexibility index (Phi) is 6.93. The van der Waals surface area contributed by atoms with Gasteiger partial charge in [-0.3, -0.25) is 5.41 Å². The van der Waals surface area contributed by atoms with Crippen molar-refractivity contribution < 1.29 is 9.47 Å². The molecule has 36 heavy (non-hydrogen) atoms. The molecule has 5 nitrogen and oxygen atoms in total. The van der Waals surface area contributed by atoms with Gasteiger partial charge in [0.05, 0.1) is 14.2 Å². The molecule has 0 aliphatic heterocycles. The van der Waals surface area contributed by atoms with Crippen molar-refractivity contribution in [2.24, 2.45) is 5.73 Å². The summed E-state index contributed by atoms with van der Waals surface area (Å²) in [4.78, 5) is 0. The summed E-state index contributed by atoms with van der Waals surface area (Å²) in [5.41, 5.74) is 13.4. The zero-order valence-electron chi connectivity index (χ0n) is 22.0. The number of ether oxygens (including phenoxy) is 2. The fraction of sp³-hybridized carbons (Fsp3) is 0.258. The van der Waals surface area contributed by atoms with Crippen LogP contribution in [0.3, 0.4) is 0 Å². The van der Waals surface area contributed by atoms with Crippen LogP contribution in [-0.2, 0) is 12.0 Å². The Hall–Kier alpha value is -3.99. The first kappa shape index (κ1) is 25.1. The average molecular weight is 482 g/mol. The lowest BCUT2D eigenvalue weighted by molar-refractivity contribution is 0.354. The SMILES string of the molecule is COc1c(C)ccc(-c2ccc3c(-c4ccc(C(C)(C)C)cc4)cccc3c2CNC(=N)N)c1OC. The first-order valence-electron chi connectivity index (χ1n) is 12.1. The van der Waals surface area contributed by atoms with Gasteiger partial charge in [-0.1, -0.05) is 87.5 Å². The third kappa shape index (κ3) is 4.74. The van der Waals surface area contributed by atoms with Crippen molar-refractivity contribution in [3.05, 3.63) is 83.4 Å². The molecular weight excluding hydrogens is 446 g/mol. The molecule has 0 saturated heterocycles. The fourth-order valence-electron chi connectivity index (χ4n) is 4.78. The number of methoxy groups -OCH3 is 2. The molecule has 0 unspecified atom stereocenters. The quantitative estimate of drug-likeness (QED) is 0.209. The maximum Gasteiger partial charge on any atom is 0.185 e. The monoisotopic (exact) mass is 481 g/mol. The van der Waals surface area contributed by atoms with Crippen molar-refractivity contribution in [2.45, 2.75) is 39.7 Å². The number of hydrogen-bond acceptors (Lipinski definition) is 3. The topological polar surface area (TPSA) is 80.4 Å². The van der Waals surface area contributed by atoms with E-state index in [2.05, 4.69) is 86.8 Å². The summed E-state index contributed by atoms with van der Waals surface area (Å²) in [5, 5.41) is 13.0. The predicted octanol–water partition coefficient (Wildman–Crippen LogP) is 6.78. The minimum absolute atomic E-state index is 0.0691. The molecule has 0 atom stereocenters. The fourth-order valence-corrected chi connectivity index (χ4v) is 4.78. The first-order valence-corrected chi connectivity index (χ1v) is 12.1. The van der Waals surface area contributed by atoms with E-state index >= 15 is 0 Å². The maximum absolute atomic E-state index is 7.77. The van der Waals surface area contributed by atoms with Gasteiger partial charge in [0.1, 0.15) is 0 Å². The van der Waals surface area contributed by atoms with Crippen molar-refractivity contribution in [3.8, 4) is 33.8 Å². The molecule has 0 fully saturated rings. The molecule has 0 aliphatic rings.